The molecule has 1 aliphatic carbocycles. The van der Waals surface area contributed by atoms with E-state index in [-0.39, 0.29) is 0 Å². The van der Waals surface area contributed by atoms with Gasteiger partial charge in [0, 0.05) is 18.5 Å². The molecule has 16 heavy (non-hydrogen) atoms. The van der Waals surface area contributed by atoms with Crippen LogP contribution < -0.4 is 5.73 Å². The Morgan fingerprint density at radius 2 is 1.75 bits per heavy atom. The fourth-order valence-electron chi connectivity index (χ4n) is 2.11. The van der Waals surface area contributed by atoms with Gasteiger partial charge in [-0.3, -0.25) is 4.79 Å². The molecule has 0 spiro atoms. The summed E-state index contributed by atoms with van der Waals surface area (Å²) in [6.45, 7) is 0. The summed E-state index contributed by atoms with van der Waals surface area (Å²) in [5.74, 6) is -4.08. The molecule has 1 saturated carbocycles. The second-order valence-corrected chi connectivity index (χ2v) is 4.22. The highest BCUT2D eigenvalue weighted by Crippen LogP contribution is 2.53. The van der Waals surface area contributed by atoms with Crippen LogP contribution in [0.1, 0.15) is 18.4 Å². The first-order chi connectivity index (χ1) is 7.36. The summed E-state index contributed by atoms with van der Waals surface area (Å²) in [4.78, 5) is 11.1. The molecule has 1 aromatic carbocycles. The van der Waals surface area contributed by atoms with Crippen LogP contribution in [0.4, 0.5) is 14.5 Å². The van der Waals surface area contributed by atoms with Crippen molar-refractivity contribution in [3.05, 3.63) is 29.8 Å². The Balaban J connectivity index is 2.36. The van der Waals surface area contributed by atoms with Gasteiger partial charge in [-0.2, -0.15) is 0 Å². The Bertz CT molecular complexity index is 420. The van der Waals surface area contributed by atoms with Crippen molar-refractivity contribution in [3.8, 4) is 0 Å². The van der Waals surface area contributed by atoms with Crippen LogP contribution in [0.3, 0.4) is 0 Å². The van der Waals surface area contributed by atoms with Gasteiger partial charge in [-0.25, -0.2) is 8.78 Å². The summed E-state index contributed by atoms with van der Waals surface area (Å²) in [6, 6.07) is 6.05. The van der Waals surface area contributed by atoms with Gasteiger partial charge < -0.3 is 10.8 Å². The normalized spacial score (nSPS) is 21.1. The van der Waals surface area contributed by atoms with E-state index >= 15 is 0 Å². The largest absolute Gasteiger partial charge is 0.481 e. The number of nitrogens with two attached hydrogens (primary N) is 1. The molecule has 0 aromatic heterocycles. The molecule has 0 radical (unpaired) electrons. The first-order valence-electron chi connectivity index (χ1n) is 4.83. The molecule has 3 N–H and O–H groups in total. The Morgan fingerprint density at radius 1 is 1.25 bits per heavy atom. The van der Waals surface area contributed by atoms with Crippen molar-refractivity contribution in [2.75, 3.05) is 5.73 Å². The molecule has 0 amide bonds. The summed E-state index contributed by atoms with van der Waals surface area (Å²) in [5, 5.41) is 9.07. The highest BCUT2D eigenvalue weighted by Gasteiger charge is 2.62. The molecular formula is C11H11F2NO2. The average Bonchev–Trinajstić information content (AvgIpc) is 2.14. The maximum Gasteiger partial charge on any atom is 0.314 e. The van der Waals surface area contributed by atoms with Crippen molar-refractivity contribution < 1.29 is 18.7 Å². The van der Waals surface area contributed by atoms with Crippen LogP contribution in [-0.2, 0) is 10.2 Å². The van der Waals surface area contributed by atoms with Gasteiger partial charge in [0.2, 0.25) is 0 Å². The number of benzene rings is 1. The lowest BCUT2D eigenvalue weighted by Crippen LogP contribution is -2.54. The van der Waals surface area contributed by atoms with E-state index in [0.29, 0.717) is 11.3 Å². The fraction of sp³-hybridized carbons (Fsp3) is 0.364. The molecule has 2 rings (SSSR count). The first-order valence-corrected chi connectivity index (χ1v) is 4.83. The van der Waals surface area contributed by atoms with Gasteiger partial charge in [-0.1, -0.05) is 12.1 Å². The van der Waals surface area contributed by atoms with Crippen LogP contribution in [0.5, 0.6) is 0 Å². The number of carboxylic acid groups (broad SMARTS) is 1. The molecule has 0 atom stereocenters. The maximum atomic E-state index is 12.9. The van der Waals surface area contributed by atoms with Gasteiger partial charge in [-0.15, -0.1) is 0 Å². The predicted molar refractivity (Wildman–Crippen MR) is 54.3 cm³/mol. The van der Waals surface area contributed by atoms with Crippen LogP contribution in [0.15, 0.2) is 24.3 Å². The van der Waals surface area contributed by atoms with Gasteiger partial charge in [-0.05, 0) is 17.7 Å². The second kappa shape index (κ2) is 3.17. The number of aliphatic carboxylic acids is 1. The number of anilines is 1. The molecule has 1 aromatic rings. The standard InChI is InChI=1S/C11H11F2NO2/c12-11(13)5-10(6-11,9(15)16)7-1-3-8(14)4-2-7/h1-4H,5-6,14H2,(H,15,16). The van der Waals surface area contributed by atoms with Gasteiger partial charge >= 0.3 is 5.97 Å². The second-order valence-electron chi connectivity index (χ2n) is 4.22. The van der Waals surface area contributed by atoms with Crippen LogP contribution in [0.25, 0.3) is 0 Å². The number of hydrogen-bond donors (Lipinski definition) is 2. The highest BCUT2D eigenvalue weighted by atomic mass is 19.3. The summed E-state index contributed by atoms with van der Waals surface area (Å²) in [7, 11) is 0. The molecule has 0 heterocycles. The summed E-state index contributed by atoms with van der Waals surface area (Å²) < 4.78 is 25.7. The molecule has 0 saturated heterocycles. The molecule has 0 aliphatic heterocycles. The Hall–Kier alpha value is -1.65. The zero-order chi connectivity index (χ0) is 12.0. The maximum absolute atomic E-state index is 12.9. The molecule has 86 valence electrons. The molecule has 3 nitrogen and oxygen atoms in total. The number of carboxylic acids is 1. The molecule has 1 fully saturated rings. The topological polar surface area (TPSA) is 63.3 Å². The number of nitrogen functional groups attached to an aromatic ring is 1. The summed E-state index contributed by atoms with van der Waals surface area (Å²) >= 11 is 0. The van der Waals surface area contributed by atoms with Gasteiger partial charge in [0.05, 0.1) is 0 Å². The lowest BCUT2D eigenvalue weighted by Gasteiger charge is -2.44. The number of halogens is 2. The summed E-state index contributed by atoms with van der Waals surface area (Å²) in [6.07, 6.45) is -1.28. The van der Waals surface area contributed by atoms with Crippen molar-refractivity contribution >= 4 is 11.7 Å². The fourth-order valence-corrected chi connectivity index (χ4v) is 2.11. The highest BCUT2D eigenvalue weighted by molar-refractivity contribution is 5.83. The first kappa shape index (κ1) is 10.9. The average molecular weight is 227 g/mol. The van der Waals surface area contributed by atoms with Crippen LogP contribution >= 0.6 is 0 Å². The SMILES string of the molecule is Nc1ccc(C2(C(=O)O)CC(F)(F)C2)cc1. The van der Waals surface area contributed by atoms with Crippen molar-refractivity contribution in [2.24, 2.45) is 0 Å². The van der Waals surface area contributed by atoms with Crippen molar-refractivity contribution in [2.45, 2.75) is 24.2 Å². The number of rotatable bonds is 2. The molecule has 0 unspecified atom stereocenters. The number of carbonyl (C=O) groups is 1. The molecule has 0 bridgehead atoms. The van der Waals surface area contributed by atoms with E-state index in [1.165, 1.54) is 24.3 Å². The van der Waals surface area contributed by atoms with Crippen molar-refractivity contribution in [3.63, 3.8) is 0 Å². The van der Waals surface area contributed by atoms with Gasteiger partial charge in [0.1, 0.15) is 5.41 Å². The van der Waals surface area contributed by atoms with E-state index in [9.17, 15) is 13.6 Å². The molecular weight excluding hydrogens is 216 g/mol. The lowest BCUT2D eigenvalue weighted by molar-refractivity contribution is -0.174. The number of hydrogen-bond acceptors (Lipinski definition) is 2. The monoisotopic (exact) mass is 227 g/mol. The minimum Gasteiger partial charge on any atom is -0.481 e. The van der Waals surface area contributed by atoms with Gasteiger partial charge in [0.15, 0.2) is 0 Å². The third-order valence-corrected chi connectivity index (χ3v) is 2.99. The summed E-state index contributed by atoms with van der Waals surface area (Å²) in [5.41, 5.74) is 4.89. The molecule has 1 aliphatic rings. The lowest BCUT2D eigenvalue weighted by atomic mass is 9.62. The van der Waals surface area contributed by atoms with Crippen LogP contribution in [0, 0.1) is 0 Å². The van der Waals surface area contributed by atoms with Crippen molar-refractivity contribution in [1.82, 2.24) is 0 Å². The van der Waals surface area contributed by atoms with E-state index < -0.39 is 30.1 Å². The van der Waals surface area contributed by atoms with E-state index in [0.717, 1.165) is 0 Å². The number of alkyl halides is 2. The predicted octanol–water partition coefficient (Wildman–Crippen LogP) is 2.02. The quantitative estimate of drug-likeness (QED) is 0.760. The zero-order valence-electron chi connectivity index (χ0n) is 8.41. The Kier molecular flexibility index (Phi) is 2.15. The minimum absolute atomic E-state index is 0.389. The third kappa shape index (κ3) is 1.52. The van der Waals surface area contributed by atoms with Crippen LogP contribution in [0.2, 0.25) is 0 Å². The minimum atomic E-state index is -2.88. The smallest absolute Gasteiger partial charge is 0.314 e. The van der Waals surface area contributed by atoms with E-state index in [1.54, 1.807) is 0 Å². The Labute approximate surface area is 90.9 Å². The van der Waals surface area contributed by atoms with E-state index in [2.05, 4.69) is 0 Å². The van der Waals surface area contributed by atoms with Gasteiger partial charge in [0.25, 0.3) is 5.92 Å². The van der Waals surface area contributed by atoms with Crippen molar-refractivity contribution in [1.29, 1.82) is 0 Å². The van der Waals surface area contributed by atoms with E-state index in [4.69, 9.17) is 10.8 Å². The zero-order valence-corrected chi connectivity index (χ0v) is 8.41. The van der Waals surface area contributed by atoms with E-state index in [1.807, 2.05) is 0 Å². The third-order valence-electron chi connectivity index (χ3n) is 2.99. The molecule has 5 heteroatoms. The Morgan fingerprint density at radius 3 is 2.12 bits per heavy atom. The van der Waals surface area contributed by atoms with Crippen LogP contribution in [-0.4, -0.2) is 17.0 Å².